The van der Waals surface area contributed by atoms with Crippen LogP contribution in [0.3, 0.4) is 0 Å². The molecule has 2 nitrogen and oxygen atoms in total. The molecule has 0 atom stereocenters. The third-order valence-corrected chi connectivity index (χ3v) is 3.03. The van der Waals surface area contributed by atoms with Gasteiger partial charge in [0.25, 0.3) is 0 Å². The number of halogens is 4. The summed E-state index contributed by atoms with van der Waals surface area (Å²) in [6.45, 7) is 1.88. The standard InChI is InChI=1S/C15H13F4NO/c1-9-6-11(21)3-5-14(9)20-8-10-2-4-13(16)12(7-10)15(17,18)19/h2-7,20-21H,8H2,1H3. The monoisotopic (exact) mass is 299 g/mol. The maximum absolute atomic E-state index is 13.2. The van der Waals surface area contributed by atoms with E-state index in [0.717, 1.165) is 17.7 Å². The predicted octanol–water partition coefficient (Wildman–Crippen LogP) is 4.47. The highest BCUT2D eigenvalue weighted by molar-refractivity contribution is 5.53. The number of hydrogen-bond donors (Lipinski definition) is 2. The third-order valence-electron chi connectivity index (χ3n) is 3.03. The molecule has 0 amide bonds. The lowest BCUT2D eigenvalue weighted by Gasteiger charge is -2.12. The zero-order chi connectivity index (χ0) is 15.6. The van der Waals surface area contributed by atoms with Crippen LogP contribution < -0.4 is 5.32 Å². The molecule has 0 saturated carbocycles. The molecule has 6 heteroatoms. The molecule has 21 heavy (non-hydrogen) atoms. The number of rotatable bonds is 3. The fourth-order valence-electron chi connectivity index (χ4n) is 1.94. The Hall–Kier alpha value is -2.24. The summed E-state index contributed by atoms with van der Waals surface area (Å²) < 4.78 is 51.0. The molecule has 2 N–H and O–H groups in total. The van der Waals surface area contributed by atoms with Crippen LogP contribution in [0.2, 0.25) is 0 Å². The Bertz CT molecular complexity index is 653. The fourth-order valence-corrected chi connectivity index (χ4v) is 1.94. The van der Waals surface area contributed by atoms with E-state index in [2.05, 4.69) is 5.32 Å². The first-order valence-corrected chi connectivity index (χ1v) is 6.16. The van der Waals surface area contributed by atoms with Crippen LogP contribution in [0.4, 0.5) is 23.2 Å². The van der Waals surface area contributed by atoms with E-state index in [4.69, 9.17) is 0 Å². The number of nitrogens with one attached hydrogen (secondary N) is 1. The summed E-state index contributed by atoms with van der Waals surface area (Å²) >= 11 is 0. The highest BCUT2D eigenvalue weighted by Gasteiger charge is 2.34. The van der Waals surface area contributed by atoms with Crippen molar-refractivity contribution >= 4 is 5.69 Å². The van der Waals surface area contributed by atoms with Crippen LogP contribution in [0.5, 0.6) is 5.75 Å². The highest BCUT2D eigenvalue weighted by Crippen LogP contribution is 2.32. The Kier molecular flexibility index (Phi) is 4.06. The van der Waals surface area contributed by atoms with E-state index < -0.39 is 17.6 Å². The molecule has 0 spiro atoms. The van der Waals surface area contributed by atoms with Crippen molar-refractivity contribution in [3.63, 3.8) is 0 Å². The number of phenols is 1. The topological polar surface area (TPSA) is 32.3 Å². The van der Waals surface area contributed by atoms with Crippen molar-refractivity contribution in [3.8, 4) is 5.75 Å². The molecule has 112 valence electrons. The smallest absolute Gasteiger partial charge is 0.419 e. The average Bonchev–Trinajstić information content (AvgIpc) is 2.38. The average molecular weight is 299 g/mol. The Morgan fingerprint density at radius 1 is 1.10 bits per heavy atom. The normalized spacial score (nSPS) is 11.5. The predicted molar refractivity (Wildman–Crippen MR) is 71.6 cm³/mol. The molecule has 0 heterocycles. The van der Waals surface area contributed by atoms with Crippen molar-refractivity contribution in [1.82, 2.24) is 0 Å². The number of aryl methyl sites for hydroxylation is 1. The molecular formula is C15H13F4NO. The van der Waals surface area contributed by atoms with Crippen LogP contribution in [0, 0.1) is 12.7 Å². The van der Waals surface area contributed by atoms with Crippen LogP contribution in [-0.4, -0.2) is 5.11 Å². The molecule has 0 aliphatic rings. The van der Waals surface area contributed by atoms with Crippen molar-refractivity contribution in [1.29, 1.82) is 0 Å². The Morgan fingerprint density at radius 2 is 1.81 bits per heavy atom. The second-order valence-corrected chi connectivity index (χ2v) is 4.66. The van der Waals surface area contributed by atoms with E-state index in [0.29, 0.717) is 11.3 Å². The van der Waals surface area contributed by atoms with Crippen molar-refractivity contribution in [2.75, 3.05) is 5.32 Å². The Morgan fingerprint density at radius 3 is 2.43 bits per heavy atom. The summed E-state index contributed by atoms with van der Waals surface area (Å²) in [5, 5.41) is 12.2. The van der Waals surface area contributed by atoms with E-state index in [1.54, 1.807) is 13.0 Å². The van der Waals surface area contributed by atoms with E-state index in [1.807, 2.05) is 0 Å². The summed E-state index contributed by atoms with van der Waals surface area (Å²) in [7, 11) is 0. The van der Waals surface area contributed by atoms with Gasteiger partial charge < -0.3 is 10.4 Å². The second kappa shape index (κ2) is 5.63. The number of aromatic hydroxyl groups is 1. The Balaban J connectivity index is 2.17. The molecule has 0 aromatic heterocycles. The summed E-state index contributed by atoms with van der Waals surface area (Å²) in [6.07, 6.45) is -4.71. The molecule has 0 unspecified atom stereocenters. The second-order valence-electron chi connectivity index (χ2n) is 4.66. The van der Waals surface area contributed by atoms with Gasteiger partial charge in [0, 0.05) is 12.2 Å². The molecular weight excluding hydrogens is 286 g/mol. The lowest BCUT2D eigenvalue weighted by Crippen LogP contribution is -2.10. The summed E-state index contributed by atoms with van der Waals surface area (Å²) in [5.74, 6) is -1.17. The van der Waals surface area contributed by atoms with Gasteiger partial charge in [-0.15, -0.1) is 0 Å². The summed E-state index contributed by atoms with van der Waals surface area (Å²) in [6, 6.07) is 7.53. The highest BCUT2D eigenvalue weighted by atomic mass is 19.4. The maximum Gasteiger partial charge on any atom is 0.419 e. The van der Waals surface area contributed by atoms with Crippen LogP contribution in [0.25, 0.3) is 0 Å². The number of alkyl halides is 3. The lowest BCUT2D eigenvalue weighted by molar-refractivity contribution is -0.140. The minimum absolute atomic E-state index is 0.110. The number of phenolic OH excluding ortho intramolecular Hbond substituents is 1. The third kappa shape index (κ3) is 3.65. The molecule has 0 aliphatic carbocycles. The zero-order valence-electron chi connectivity index (χ0n) is 11.1. The molecule has 0 fully saturated rings. The first-order chi connectivity index (χ1) is 9.77. The van der Waals surface area contributed by atoms with Gasteiger partial charge in [0.2, 0.25) is 0 Å². The van der Waals surface area contributed by atoms with Crippen LogP contribution >= 0.6 is 0 Å². The summed E-state index contributed by atoms with van der Waals surface area (Å²) in [4.78, 5) is 0. The Labute approximate surface area is 119 Å². The first kappa shape index (κ1) is 15.2. The van der Waals surface area contributed by atoms with Gasteiger partial charge in [0.05, 0.1) is 5.56 Å². The van der Waals surface area contributed by atoms with Crippen molar-refractivity contribution in [3.05, 3.63) is 58.9 Å². The van der Waals surface area contributed by atoms with Crippen LogP contribution in [0.15, 0.2) is 36.4 Å². The van der Waals surface area contributed by atoms with E-state index >= 15 is 0 Å². The molecule has 0 radical (unpaired) electrons. The van der Waals surface area contributed by atoms with Gasteiger partial charge in [-0.2, -0.15) is 13.2 Å². The molecule has 2 aromatic rings. The van der Waals surface area contributed by atoms with Crippen molar-refractivity contribution < 1.29 is 22.7 Å². The van der Waals surface area contributed by atoms with Crippen molar-refractivity contribution in [2.45, 2.75) is 19.6 Å². The van der Waals surface area contributed by atoms with E-state index in [1.165, 1.54) is 18.2 Å². The molecule has 0 bridgehead atoms. The zero-order valence-corrected chi connectivity index (χ0v) is 11.1. The van der Waals surface area contributed by atoms with Gasteiger partial charge >= 0.3 is 6.18 Å². The number of benzene rings is 2. The molecule has 0 aliphatic heterocycles. The van der Waals surface area contributed by atoms with E-state index in [9.17, 15) is 22.7 Å². The quantitative estimate of drug-likeness (QED) is 0.647. The van der Waals surface area contributed by atoms with Gasteiger partial charge in [-0.3, -0.25) is 0 Å². The first-order valence-electron chi connectivity index (χ1n) is 6.16. The van der Waals surface area contributed by atoms with Crippen LogP contribution in [-0.2, 0) is 12.7 Å². The number of hydrogen-bond acceptors (Lipinski definition) is 2. The van der Waals surface area contributed by atoms with Crippen molar-refractivity contribution in [2.24, 2.45) is 0 Å². The molecule has 0 saturated heterocycles. The van der Waals surface area contributed by atoms with Gasteiger partial charge in [-0.25, -0.2) is 4.39 Å². The largest absolute Gasteiger partial charge is 0.508 e. The maximum atomic E-state index is 13.2. The molecule has 2 aromatic carbocycles. The van der Waals surface area contributed by atoms with Gasteiger partial charge in [0.1, 0.15) is 11.6 Å². The van der Waals surface area contributed by atoms with Gasteiger partial charge in [-0.05, 0) is 48.4 Å². The van der Waals surface area contributed by atoms with E-state index in [-0.39, 0.29) is 12.3 Å². The fraction of sp³-hybridized carbons (Fsp3) is 0.200. The van der Waals surface area contributed by atoms with Gasteiger partial charge in [0.15, 0.2) is 0 Å². The van der Waals surface area contributed by atoms with Gasteiger partial charge in [-0.1, -0.05) is 6.07 Å². The molecule has 2 rings (SSSR count). The minimum Gasteiger partial charge on any atom is -0.508 e. The number of anilines is 1. The van der Waals surface area contributed by atoms with Crippen LogP contribution in [0.1, 0.15) is 16.7 Å². The summed E-state index contributed by atoms with van der Waals surface area (Å²) in [5.41, 5.74) is 0.485. The lowest BCUT2D eigenvalue weighted by atomic mass is 10.1. The minimum atomic E-state index is -4.71. The SMILES string of the molecule is Cc1cc(O)ccc1NCc1ccc(F)c(C(F)(F)F)c1.